The zero-order chi connectivity index (χ0) is 14.7. The molecule has 1 aliphatic carbocycles. The van der Waals surface area contributed by atoms with Crippen LogP contribution in [-0.4, -0.2) is 21.5 Å². The molecule has 0 spiro atoms. The summed E-state index contributed by atoms with van der Waals surface area (Å²) in [6.07, 6.45) is 8.54. The Bertz CT molecular complexity index is 626. The average Bonchev–Trinajstić information content (AvgIpc) is 2.78. The van der Waals surface area contributed by atoms with E-state index >= 15 is 0 Å². The van der Waals surface area contributed by atoms with Crippen molar-refractivity contribution < 1.29 is 0 Å². The largest absolute Gasteiger partial charge is 0.370 e. The van der Waals surface area contributed by atoms with E-state index in [9.17, 15) is 0 Å². The van der Waals surface area contributed by atoms with E-state index < -0.39 is 0 Å². The van der Waals surface area contributed by atoms with Crippen LogP contribution in [-0.2, 0) is 12.8 Å². The molecule has 1 N–H and O–H groups in total. The second-order valence-electron chi connectivity index (χ2n) is 5.28. The van der Waals surface area contributed by atoms with Crippen molar-refractivity contribution in [1.29, 1.82) is 0 Å². The third-order valence-corrected chi connectivity index (χ3v) is 4.76. The van der Waals surface area contributed by atoms with Crippen LogP contribution in [0.4, 0.5) is 5.82 Å². The first-order chi connectivity index (χ1) is 10.3. The normalized spacial score (nSPS) is 14.6. The molecule has 0 bridgehead atoms. The van der Waals surface area contributed by atoms with Gasteiger partial charge in [-0.3, -0.25) is 0 Å². The van der Waals surface area contributed by atoms with Crippen molar-refractivity contribution in [3.05, 3.63) is 21.8 Å². The van der Waals surface area contributed by atoms with E-state index in [0.29, 0.717) is 10.2 Å². The van der Waals surface area contributed by atoms with E-state index in [0.717, 1.165) is 36.6 Å². The van der Waals surface area contributed by atoms with Gasteiger partial charge in [0.1, 0.15) is 10.2 Å². The maximum Gasteiger partial charge on any atom is 0.190 e. The number of nitrogens with one attached hydrogen (secondary N) is 1. The molecule has 1 aliphatic rings. The van der Waals surface area contributed by atoms with Crippen LogP contribution in [0, 0.1) is 0 Å². The third kappa shape index (κ3) is 3.35. The second-order valence-corrected chi connectivity index (χ2v) is 6.94. The van der Waals surface area contributed by atoms with Crippen molar-refractivity contribution in [2.45, 2.75) is 45.4 Å². The summed E-state index contributed by atoms with van der Waals surface area (Å²) in [5.41, 5.74) is 2.48. The van der Waals surface area contributed by atoms with Crippen molar-refractivity contribution in [3.63, 3.8) is 0 Å². The Balaban J connectivity index is 2.03. The topological polar surface area (TPSA) is 50.7 Å². The molecule has 3 rings (SSSR count). The first kappa shape index (κ1) is 14.7. The smallest absolute Gasteiger partial charge is 0.190 e. The monoisotopic (exact) mass is 322 g/mol. The van der Waals surface area contributed by atoms with Gasteiger partial charge in [0, 0.05) is 17.8 Å². The molecule has 0 fully saturated rings. The van der Waals surface area contributed by atoms with Crippen LogP contribution < -0.4 is 5.32 Å². The van der Waals surface area contributed by atoms with E-state index in [1.807, 2.05) is 0 Å². The average molecular weight is 323 g/mol. The first-order valence-corrected chi connectivity index (χ1v) is 8.72. The number of hydrogen-bond donors (Lipinski definition) is 1. The fourth-order valence-electron chi connectivity index (χ4n) is 2.61. The summed E-state index contributed by atoms with van der Waals surface area (Å²) >= 11 is 7.42. The summed E-state index contributed by atoms with van der Waals surface area (Å²) in [6, 6.07) is 0. The van der Waals surface area contributed by atoms with Crippen molar-refractivity contribution in [2.24, 2.45) is 0 Å². The highest BCUT2D eigenvalue weighted by atomic mass is 35.5. The lowest BCUT2D eigenvalue weighted by molar-refractivity contribution is 0.709. The summed E-state index contributed by atoms with van der Waals surface area (Å²) in [5.74, 6) is 1.69. The lowest BCUT2D eigenvalue weighted by Gasteiger charge is -2.13. The number of hydrogen-bond acceptors (Lipinski definition) is 5. The van der Waals surface area contributed by atoms with Crippen molar-refractivity contribution >= 4 is 28.8 Å². The number of halogens is 1. The van der Waals surface area contributed by atoms with Crippen LogP contribution in [0.1, 0.15) is 43.9 Å². The number of rotatable bonds is 4. The summed E-state index contributed by atoms with van der Waals surface area (Å²) < 4.78 is 0.673. The minimum absolute atomic E-state index is 0.673. The zero-order valence-corrected chi connectivity index (χ0v) is 13.7. The maximum absolute atomic E-state index is 5.99. The van der Waals surface area contributed by atoms with Gasteiger partial charge < -0.3 is 5.32 Å². The summed E-state index contributed by atoms with van der Waals surface area (Å²) in [5, 5.41) is 4.26. The first-order valence-electron chi connectivity index (χ1n) is 7.53. The van der Waals surface area contributed by atoms with Crippen molar-refractivity contribution in [3.8, 4) is 10.8 Å². The second kappa shape index (κ2) is 6.71. The van der Waals surface area contributed by atoms with Crippen LogP contribution >= 0.6 is 22.9 Å². The number of aryl methyl sites for hydroxylation is 1. The Labute approximate surface area is 134 Å². The SMILES string of the molecule is CCCNc1nc(-c2ncc(Cl)s2)nc2c1CCCCC2. The molecule has 0 aliphatic heterocycles. The number of anilines is 1. The fraction of sp³-hybridized carbons (Fsp3) is 0.533. The summed E-state index contributed by atoms with van der Waals surface area (Å²) in [7, 11) is 0. The van der Waals surface area contributed by atoms with Gasteiger partial charge in [0.15, 0.2) is 10.8 Å². The molecule has 0 saturated heterocycles. The van der Waals surface area contributed by atoms with Crippen LogP contribution in [0.15, 0.2) is 6.20 Å². The highest BCUT2D eigenvalue weighted by Gasteiger charge is 2.18. The van der Waals surface area contributed by atoms with Crippen molar-refractivity contribution in [1.82, 2.24) is 15.0 Å². The molecule has 0 radical (unpaired) electrons. The lowest BCUT2D eigenvalue weighted by Crippen LogP contribution is -2.10. The number of aromatic nitrogens is 3. The number of thiazole rings is 1. The van der Waals surface area contributed by atoms with E-state index in [2.05, 4.69) is 17.2 Å². The summed E-state index contributed by atoms with van der Waals surface area (Å²) in [6.45, 7) is 3.09. The molecule has 0 aromatic carbocycles. The molecule has 2 aromatic heterocycles. The molecule has 21 heavy (non-hydrogen) atoms. The van der Waals surface area contributed by atoms with Gasteiger partial charge in [-0.2, -0.15) is 0 Å². The third-order valence-electron chi connectivity index (χ3n) is 3.64. The van der Waals surface area contributed by atoms with E-state index in [-0.39, 0.29) is 0 Å². The minimum atomic E-state index is 0.673. The Morgan fingerprint density at radius 2 is 2.10 bits per heavy atom. The van der Waals surface area contributed by atoms with Crippen LogP contribution in [0.3, 0.4) is 0 Å². The molecular weight excluding hydrogens is 304 g/mol. The molecular formula is C15H19ClN4S. The Morgan fingerprint density at radius 3 is 2.86 bits per heavy atom. The number of nitrogens with zero attached hydrogens (tertiary/aromatic N) is 3. The molecule has 2 aromatic rings. The van der Waals surface area contributed by atoms with E-state index in [1.165, 1.54) is 41.9 Å². The quantitative estimate of drug-likeness (QED) is 0.850. The maximum atomic E-state index is 5.99. The van der Waals surface area contributed by atoms with Gasteiger partial charge in [-0.15, -0.1) is 0 Å². The molecule has 0 atom stereocenters. The predicted molar refractivity (Wildman–Crippen MR) is 88.2 cm³/mol. The van der Waals surface area contributed by atoms with Gasteiger partial charge in [-0.1, -0.05) is 36.3 Å². The van der Waals surface area contributed by atoms with Crippen LogP contribution in [0.25, 0.3) is 10.8 Å². The van der Waals surface area contributed by atoms with Gasteiger partial charge >= 0.3 is 0 Å². The molecule has 0 amide bonds. The van der Waals surface area contributed by atoms with E-state index in [4.69, 9.17) is 21.6 Å². The molecule has 6 heteroatoms. The molecule has 0 unspecified atom stereocenters. The van der Waals surface area contributed by atoms with Crippen molar-refractivity contribution in [2.75, 3.05) is 11.9 Å². The summed E-state index contributed by atoms with van der Waals surface area (Å²) in [4.78, 5) is 13.8. The van der Waals surface area contributed by atoms with E-state index in [1.54, 1.807) is 6.20 Å². The van der Waals surface area contributed by atoms with Crippen LogP contribution in [0.5, 0.6) is 0 Å². The van der Waals surface area contributed by atoms with Gasteiger partial charge in [0.2, 0.25) is 0 Å². The Morgan fingerprint density at radius 1 is 1.24 bits per heavy atom. The molecule has 4 nitrogen and oxygen atoms in total. The van der Waals surface area contributed by atoms with Gasteiger partial charge in [0.05, 0.1) is 6.20 Å². The van der Waals surface area contributed by atoms with Gasteiger partial charge in [-0.05, 0) is 32.1 Å². The Hall–Kier alpha value is -1.20. The molecule has 0 saturated carbocycles. The van der Waals surface area contributed by atoms with Crippen LogP contribution in [0.2, 0.25) is 4.34 Å². The molecule has 112 valence electrons. The fourth-order valence-corrected chi connectivity index (χ4v) is 3.46. The lowest BCUT2D eigenvalue weighted by atomic mass is 10.1. The zero-order valence-electron chi connectivity index (χ0n) is 12.2. The molecule has 2 heterocycles. The standard InChI is InChI=1S/C15H19ClN4S/c1-2-8-17-13-10-6-4-3-5-7-11(10)19-14(20-13)15-18-9-12(16)21-15/h9H,2-8H2,1H3,(H,17,19,20). The predicted octanol–water partition coefficient (Wildman–Crippen LogP) is 4.34. The highest BCUT2D eigenvalue weighted by Crippen LogP contribution is 2.30. The highest BCUT2D eigenvalue weighted by molar-refractivity contribution is 7.18. The van der Waals surface area contributed by atoms with Gasteiger partial charge in [0.25, 0.3) is 0 Å². The number of fused-ring (bicyclic) bond motifs is 1. The Kier molecular flexibility index (Phi) is 4.70. The minimum Gasteiger partial charge on any atom is -0.370 e. The van der Waals surface area contributed by atoms with Gasteiger partial charge in [-0.25, -0.2) is 15.0 Å².